The Hall–Kier alpha value is -3.62. The number of pyridine rings is 1. The fourth-order valence-corrected chi connectivity index (χ4v) is 5.66. The maximum absolute atomic E-state index is 15.0. The van der Waals surface area contributed by atoms with Crippen molar-refractivity contribution in [3.63, 3.8) is 0 Å². The molecular weight excluding hydrogens is 494 g/mol. The summed E-state index contributed by atoms with van der Waals surface area (Å²) in [5.74, 6) is -1.26. The molecule has 192 valence electrons. The second-order valence-corrected chi connectivity index (χ2v) is 11.1. The first-order valence-electron chi connectivity index (χ1n) is 11.8. The Morgan fingerprint density at radius 2 is 1.46 bits per heavy atom. The molecule has 0 aliphatic heterocycles. The predicted octanol–water partition coefficient (Wildman–Crippen LogP) is 5.10. The molecule has 1 heterocycles. The molecule has 0 saturated carbocycles. The first kappa shape index (κ1) is 26.4. The van der Waals surface area contributed by atoms with Crippen LogP contribution in [0.25, 0.3) is 11.1 Å². The summed E-state index contributed by atoms with van der Waals surface area (Å²) >= 11 is 0. The van der Waals surface area contributed by atoms with Gasteiger partial charge in [0.25, 0.3) is 0 Å². The number of halogens is 2. The summed E-state index contributed by atoms with van der Waals surface area (Å²) in [6.45, 7) is 3.20. The molecule has 1 atom stereocenters. The smallest absolute Gasteiger partial charge is 0.193 e. The van der Waals surface area contributed by atoms with Crippen LogP contribution in [0, 0.1) is 25.5 Å². The topological polar surface area (TPSA) is 82.2 Å². The first-order chi connectivity index (χ1) is 17.5. The zero-order chi connectivity index (χ0) is 26.9. The largest absolute Gasteiger partial charge is 0.343 e. The van der Waals surface area contributed by atoms with Crippen LogP contribution >= 0.6 is 0 Å². The summed E-state index contributed by atoms with van der Waals surface area (Å²) in [6.07, 6.45) is 1.18. The summed E-state index contributed by atoms with van der Waals surface area (Å²) in [4.78, 5) is 13.7. The Labute approximate surface area is 215 Å². The van der Waals surface area contributed by atoms with Crippen LogP contribution in [0.1, 0.15) is 34.1 Å². The van der Waals surface area contributed by atoms with Gasteiger partial charge in [0.05, 0.1) is 17.0 Å². The highest BCUT2D eigenvalue weighted by Crippen LogP contribution is 2.29. The van der Waals surface area contributed by atoms with Crippen molar-refractivity contribution >= 4 is 9.84 Å². The molecule has 8 heteroatoms. The highest BCUT2D eigenvalue weighted by molar-refractivity contribution is 7.90. The number of benzene rings is 3. The first-order valence-corrected chi connectivity index (χ1v) is 13.7. The number of hydrogen-bond acceptors (Lipinski definition) is 4. The molecule has 0 bridgehead atoms. The van der Waals surface area contributed by atoms with E-state index in [2.05, 4.69) is 0 Å². The molecular formula is C29H28F2N2O3S. The maximum atomic E-state index is 15.0. The van der Waals surface area contributed by atoms with Crippen molar-refractivity contribution in [1.82, 2.24) is 4.57 Å². The molecule has 2 N–H and O–H groups in total. The lowest BCUT2D eigenvalue weighted by Crippen LogP contribution is -2.27. The van der Waals surface area contributed by atoms with Crippen LogP contribution in [-0.2, 0) is 22.8 Å². The molecule has 37 heavy (non-hydrogen) atoms. The van der Waals surface area contributed by atoms with Crippen LogP contribution in [0.5, 0.6) is 0 Å². The van der Waals surface area contributed by atoms with Crippen molar-refractivity contribution in [2.24, 2.45) is 5.73 Å². The number of sulfone groups is 1. The van der Waals surface area contributed by atoms with Crippen LogP contribution in [-0.4, -0.2) is 19.2 Å². The Balaban J connectivity index is 1.98. The summed E-state index contributed by atoms with van der Waals surface area (Å²) in [6, 6.07) is 18.6. The Kier molecular flexibility index (Phi) is 7.43. The van der Waals surface area contributed by atoms with Crippen LogP contribution < -0.4 is 11.2 Å². The number of nitrogens with zero attached hydrogens (tertiary/aromatic N) is 1. The van der Waals surface area contributed by atoms with E-state index >= 15 is 4.39 Å². The maximum Gasteiger partial charge on any atom is 0.193 e. The Morgan fingerprint density at radius 3 is 2.11 bits per heavy atom. The molecule has 3 aromatic carbocycles. The monoisotopic (exact) mass is 522 g/mol. The van der Waals surface area contributed by atoms with Gasteiger partial charge >= 0.3 is 0 Å². The Bertz CT molecular complexity index is 1630. The quantitative estimate of drug-likeness (QED) is 0.366. The third-order valence-electron chi connectivity index (χ3n) is 6.70. The molecule has 4 rings (SSSR count). The van der Waals surface area contributed by atoms with E-state index < -0.39 is 27.5 Å². The van der Waals surface area contributed by atoms with E-state index in [4.69, 9.17) is 5.73 Å². The fraction of sp³-hybridized carbons (Fsp3) is 0.207. The lowest BCUT2D eigenvalue weighted by molar-refractivity contribution is 0.571. The summed E-state index contributed by atoms with van der Waals surface area (Å²) in [7, 11) is -3.74. The van der Waals surface area contributed by atoms with Crippen molar-refractivity contribution in [3.05, 3.63) is 123 Å². The third-order valence-corrected chi connectivity index (χ3v) is 7.88. The van der Waals surface area contributed by atoms with Gasteiger partial charge in [0.15, 0.2) is 15.3 Å². The minimum absolute atomic E-state index is 0.0300. The molecule has 0 saturated heterocycles. The van der Waals surface area contributed by atoms with Crippen LogP contribution in [0.15, 0.2) is 82.5 Å². The molecule has 4 aromatic rings. The van der Waals surface area contributed by atoms with Crippen LogP contribution in [0.4, 0.5) is 8.78 Å². The van der Waals surface area contributed by atoms with Crippen molar-refractivity contribution in [1.29, 1.82) is 0 Å². The van der Waals surface area contributed by atoms with Gasteiger partial charge in [0.2, 0.25) is 0 Å². The summed E-state index contributed by atoms with van der Waals surface area (Å²) < 4.78 is 56.5. The minimum Gasteiger partial charge on any atom is -0.343 e. The van der Waals surface area contributed by atoms with Gasteiger partial charge in [-0.1, -0.05) is 54.6 Å². The molecule has 0 amide bonds. The lowest BCUT2D eigenvalue weighted by atomic mass is 9.93. The number of hydrogen-bond donors (Lipinski definition) is 1. The van der Waals surface area contributed by atoms with Gasteiger partial charge in [0, 0.05) is 40.4 Å². The Morgan fingerprint density at radius 1 is 0.838 bits per heavy atom. The van der Waals surface area contributed by atoms with Gasteiger partial charge in [0.1, 0.15) is 11.6 Å². The van der Waals surface area contributed by atoms with Gasteiger partial charge in [-0.25, -0.2) is 17.2 Å². The number of aromatic nitrogens is 1. The molecule has 0 fully saturated rings. The highest BCUT2D eigenvalue weighted by Gasteiger charge is 2.24. The summed E-state index contributed by atoms with van der Waals surface area (Å²) in [5.41, 5.74) is 8.42. The van der Waals surface area contributed by atoms with Gasteiger partial charge in [-0.3, -0.25) is 4.79 Å². The highest BCUT2D eigenvalue weighted by atomic mass is 32.2. The second kappa shape index (κ2) is 10.4. The molecule has 0 spiro atoms. The molecule has 0 radical (unpaired) electrons. The zero-order valence-corrected chi connectivity index (χ0v) is 21.6. The van der Waals surface area contributed by atoms with Gasteiger partial charge in [-0.05, 0) is 44.0 Å². The van der Waals surface area contributed by atoms with Crippen molar-refractivity contribution < 1.29 is 17.2 Å². The van der Waals surface area contributed by atoms with E-state index in [0.717, 1.165) is 11.8 Å². The van der Waals surface area contributed by atoms with E-state index in [1.807, 2.05) is 30.3 Å². The van der Waals surface area contributed by atoms with Crippen molar-refractivity contribution in [2.45, 2.75) is 37.8 Å². The van der Waals surface area contributed by atoms with E-state index in [-0.39, 0.29) is 40.0 Å². The molecule has 0 aliphatic carbocycles. The van der Waals surface area contributed by atoms with E-state index in [9.17, 15) is 17.6 Å². The standard InChI is InChI=1S/C29H28F2N2O3S/c1-18-22(16-26(32)20-10-5-4-6-11-20)29(34)28(21-12-7-8-13-24(21)30)19(2)33(18)17-23-25(31)14-9-15-27(23)37(3,35)36/h4-15,26H,16-17,32H2,1-3H3. The normalized spacial score (nSPS) is 12.5. The number of nitrogens with two attached hydrogens (primary N) is 1. The average molecular weight is 523 g/mol. The molecule has 0 aliphatic rings. The van der Waals surface area contributed by atoms with E-state index in [0.29, 0.717) is 17.0 Å². The molecule has 1 unspecified atom stereocenters. The van der Waals surface area contributed by atoms with E-state index in [1.165, 1.54) is 36.4 Å². The average Bonchev–Trinajstić information content (AvgIpc) is 2.86. The predicted molar refractivity (Wildman–Crippen MR) is 141 cm³/mol. The summed E-state index contributed by atoms with van der Waals surface area (Å²) in [5, 5.41) is 0. The van der Waals surface area contributed by atoms with Crippen molar-refractivity contribution in [2.75, 3.05) is 6.26 Å². The van der Waals surface area contributed by atoms with Crippen LogP contribution in [0.3, 0.4) is 0 Å². The fourth-order valence-electron chi connectivity index (χ4n) is 4.72. The lowest BCUT2D eigenvalue weighted by Gasteiger charge is -2.24. The van der Waals surface area contributed by atoms with Gasteiger partial charge in [-0.15, -0.1) is 0 Å². The number of rotatable bonds is 7. The van der Waals surface area contributed by atoms with E-state index in [1.54, 1.807) is 24.5 Å². The minimum atomic E-state index is -3.74. The second-order valence-electron chi connectivity index (χ2n) is 9.13. The SMILES string of the molecule is Cc1c(CC(N)c2ccccc2)c(=O)c(-c2ccccc2F)c(C)n1Cc1c(F)cccc1S(C)(=O)=O. The van der Waals surface area contributed by atoms with Gasteiger partial charge < -0.3 is 10.3 Å². The molecule has 1 aromatic heterocycles. The van der Waals surface area contributed by atoms with Gasteiger partial charge in [-0.2, -0.15) is 0 Å². The third kappa shape index (κ3) is 5.26. The molecule has 5 nitrogen and oxygen atoms in total. The van der Waals surface area contributed by atoms with Crippen molar-refractivity contribution in [3.8, 4) is 11.1 Å². The van der Waals surface area contributed by atoms with Crippen LogP contribution in [0.2, 0.25) is 0 Å². The zero-order valence-electron chi connectivity index (χ0n) is 20.8.